The first-order chi connectivity index (χ1) is 14.6. The van der Waals surface area contributed by atoms with Crippen molar-refractivity contribution in [1.29, 1.82) is 0 Å². The van der Waals surface area contributed by atoms with Crippen molar-refractivity contribution in [2.75, 3.05) is 5.32 Å². The van der Waals surface area contributed by atoms with Gasteiger partial charge in [0.05, 0.1) is 11.6 Å². The first-order valence-electron chi connectivity index (χ1n) is 10.2. The Bertz CT molecular complexity index is 1110. The molecule has 0 saturated heterocycles. The molecule has 7 nitrogen and oxygen atoms in total. The number of benzene rings is 1. The molecule has 1 atom stereocenters. The summed E-state index contributed by atoms with van der Waals surface area (Å²) in [5, 5.41) is 8.18. The second-order valence-corrected chi connectivity index (χ2v) is 9.71. The molecule has 0 spiro atoms. The van der Waals surface area contributed by atoms with Crippen LogP contribution in [-0.4, -0.2) is 33.3 Å². The third kappa shape index (κ3) is 4.57. The summed E-state index contributed by atoms with van der Waals surface area (Å²) in [4.78, 5) is 34.4. The van der Waals surface area contributed by atoms with Gasteiger partial charge in [-0.15, -0.1) is 0 Å². The number of carbonyl (C=O) groups is 2. The number of aromatic nitrogens is 2. The van der Waals surface area contributed by atoms with Crippen LogP contribution in [0.5, 0.6) is 0 Å². The topological polar surface area (TPSA) is 88.7 Å². The van der Waals surface area contributed by atoms with E-state index in [1.807, 2.05) is 20.8 Å². The van der Waals surface area contributed by atoms with E-state index in [4.69, 9.17) is 23.2 Å². The lowest BCUT2D eigenvalue weighted by atomic mass is 9.86. The maximum Gasteiger partial charge on any atom is 0.257 e. The van der Waals surface area contributed by atoms with Crippen molar-refractivity contribution < 1.29 is 9.59 Å². The number of halogens is 2. The zero-order valence-electron chi connectivity index (χ0n) is 17.6. The van der Waals surface area contributed by atoms with Crippen LogP contribution in [0.25, 0.3) is 0 Å². The predicted octanol–water partition coefficient (Wildman–Crippen LogP) is 5.12. The third-order valence-corrected chi connectivity index (χ3v) is 5.80. The van der Waals surface area contributed by atoms with E-state index in [0.717, 1.165) is 37.1 Å². The molecule has 1 saturated carbocycles. The van der Waals surface area contributed by atoms with Crippen LogP contribution in [0.4, 0.5) is 5.82 Å². The minimum Gasteiger partial charge on any atom is -0.306 e. The fourth-order valence-electron chi connectivity index (χ4n) is 3.68. The Hall–Kier alpha value is -2.51. The van der Waals surface area contributed by atoms with Crippen LogP contribution in [0.15, 0.2) is 34.3 Å². The van der Waals surface area contributed by atoms with E-state index in [0.29, 0.717) is 21.4 Å². The maximum absolute atomic E-state index is 12.9. The molecule has 0 bridgehead atoms. The van der Waals surface area contributed by atoms with Gasteiger partial charge in [-0.05, 0) is 37.5 Å². The van der Waals surface area contributed by atoms with Crippen molar-refractivity contribution in [3.63, 3.8) is 0 Å². The van der Waals surface area contributed by atoms with E-state index in [-0.39, 0.29) is 23.2 Å². The monoisotopic (exact) mass is 459 g/mol. The molecule has 9 heteroatoms. The molecule has 4 rings (SSSR count). The van der Waals surface area contributed by atoms with E-state index < -0.39 is 5.91 Å². The number of anilines is 1. The minimum atomic E-state index is -0.406. The van der Waals surface area contributed by atoms with Gasteiger partial charge in [0.1, 0.15) is 5.82 Å². The van der Waals surface area contributed by atoms with Gasteiger partial charge in [0.25, 0.3) is 17.8 Å². The zero-order valence-corrected chi connectivity index (χ0v) is 19.1. The van der Waals surface area contributed by atoms with Gasteiger partial charge in [-0.2, -0.15) is 14.8 Å². The summed E-state index contributed by atoms with van der Waals surface area (Å²) in [6, 6.07) is 6.39. The summed E-state index contributed by atoms with van der Waals surface area (Å²) in [5.41, 5.74) is 1.59. The lowest BCUT2D eigenvalue weighted by molar-refractivity contribution is -0.120. The molecule has 2 aromatic rings. The van der Waals surface area contributed by atoms with Crippen LogP contribution in [0, 0.1) is 5.92 Å². The summed E-state index contributed by atoms with van der Waals surface area (Å²) in [5.74, 6) is -0.297. The second kappa shape index (κ2) is 8.20. The van der Waals surface area contributed by atoms with Gasteiger partial charge in [0, 0.05) is 32.8 Å². The Labute approximate surface area is 190 Å². The standard InChI is InChI=1S/C22H23Cl2N5O2/c1-22(2,3)17-11-18(26-19(30)12-8-13(23)10-14(24)9-12)29(28-17)21-25-16-7-5-4-6-15(16)20(31)27-21/h8-11,15H,4-7H2,1-3H3,(H,26,30). The lowest BCUT2D eigenvalue weighted by Gasteiger charge is -2.24. The molecular weight excluding hydrogens is 437 g/mol. The lowest BCUT2D eigenvalue weighted by Crippen LogP contribution is -2.34. The first kappa shape index (κ1) is 21.7. The highest BCUT2D eigenvalue weighted by atomic mass is 35.5. The van der Waals surface area contributed by atoms with Crippen molar-refractivity contribution in [3.8, 4) is 0 Å². The summed E-state index contributed by atoms with van der Waals surface area (Å²) in [6.45, 7) is 6.04. The van der Waals surface area contributed by atoms with Crippen molar-refractivity contribution in [3.05, 3.63) is 45.6 Å². The van der Waals surface area contributed by atoms with Crippen LogP contribution in [-0.2, 0) is 10.2 Å². The molecule has 2 heterocycles. The molecule has 1 unspecified atom stereocenters. The highest BCUT2D eigenvalue weighted by Gasteiger charge is 2.33. The van der Waals surface area contributed by atoms with Gasteiger partial charge in [-0.1, -0.05) is 50.4 Å². The van der Waals surface area contributed by atoms with Crippen LogP contribution in [0.1, 0.15) is 62.5 Å². The smallest absolute Gasteiger partial charge is 0.257 e. The number of rotatable bonds is 2. The van der Waals surface area contributed by atoms with Crippen LogP contribution in [0.3, 0.4) is 0 Å². The molecule has 1 N–H and O–H groups in total. The van der Waals surface area contributed by atoms with Crippen LogP contribution in [0.2, 0.25) is 10.0 Å². The SMILES string of the molecule is CC(C)(C)c1cc(NC(=O)c2cc(Cl)cc(Cl)c2)n(C2=NC(=O)C3CCCCC3=N2)n1. The van der Waals surface area contributed by atoms with Gasteiger partial charge in [0.2, 0.25) is 0 Å². The number of carbonyl (C=O) groups excluding carboxylic acids is 2. The summed E-state index contributed by atoms with van der Waals surface area (Å²) in [7, 11) is 0. The van der Waals surface area contributed by atoms with Gasteiger partial charge in [-0.3, -0.25) is 9.59 Å². The molecule has 2 aliphatic rings. The van der Waals surface area contributed by atoms with Gasteiger partial charge < -0.3 is 5.32 Å². The van der Waals surface area contributed by atoms with E-state index in [1.165, 1.54) is 16.8 Å². The van der Waals surface area contributed by atoms with Gasteiger partial charge >= 0.3 is 0 Å². The molecule has 1 aliphatic heterocycles. The van der Waals surface area contributed by atoms with Crippen LogP contribution >= 0.6 is 23.2 Å². The van der Waals surface area contributed by atoms with Crippen molar-refractivity contribution >= 4 is 52.5 Å². The Kier molecular flexibility index (Phi) is 5.75. The molecule has 1 fully saturated rings. The second-order valence-electron chi connectivity index (χ2n) is 8.84. The Morgan fingerprint density at radius 1 is 1.10 bits per heavy atom. The number of aliphatic imine (C=N–C) groups is 2. The van der Waals surface area contributed by atoms with Crippen molar-refractivity contribution in [1.82, 2.24) is 9.78 Å². The highest BCUT2D eigenvalue weighted by Crippen LogP contribution is 2.29. The average Bonchev–Trinajstić information content (AvgIpc) is 3.11. The molecule has 162 valence electrons. The highest BCUT2D eigenvalue weighted by molar-refractivity contribution is 6.35. The third-order valence-electron chi connectivity index (χ3n) is 5.36. The molecule has 0 radical (unpaired) electrons. The fourth-order valence-corrected chi connectivity index (χ4v) is 4.21. The number of fused-ring (bicyclic) bond motifs is 1. The Morgan fingerprint density at radius 2 is 1.81 bits per heavy atom. The molecule has 2 amide bonds. The normalized spacial score (nSPS) is 18.9. The summed E-state index contributed by atoms with van der Waals surface area (Å²) in [6.07, 6.45) is 3.55. The molecule has 1 aromatic carbocycles. The summed E-state index contributed by atoms with van der Waals surface area (Å²) < 4.78 is 1.43. The number of hydrogen-bond donors (Lipinski definition) is 1. The van der Waals surface area contributed by atoms with E-state index in [1.54, 1.807) is 12.1 Å². The average molecular weight is 460 g/mol. The quantitative estimate of drug-likeness (QED) is 0.675. The van der Waals surface area contributed by atoms with Crippen molar-refractivity contribution in [2.24, 2.45) is 15.9 Å². The molecular formula is C22H23Cl2N5O2. The van der Waals surface area contributed by atoms with Gasteiger partial charge in [-0.25, -0.2) is 4.99 Å². The number of nitrogens with zero attached hydrogens (tertiary/aromatic N) is 4. The first-order valence-corrected chi connectivity index (χ1v) is 11.0. The minimum absolute atomic E-state index is 0.174. The predicted molar refractivity (Wildman–Crippen MR) is 123 cm³/mol. The molecule has 31 heavy (non-hydrogen) atoms. The molecule has 1 aliphatic carbocycles. The van der Waals surface area contributed by atoms with Crippen LogP contribution < -0.4 is 5.32 Å². The Morgan fingerprint density at radius 3 is 2.48 bits per heavy atom. The Balaban J connectivity index is 1.73. The maximum atomic E-state index is 12.9. The largest absolute Gasteiger partial charge is 0.306 e. The zero-order chi connectivity index (χ0) is 22.3. The van der Waals surface area contributed by atoms with Gasteiger partial charge in [0.15, 0.2) is 0 Å². The van der Waals surface area contributed by atoms with E-state index in [2.05, 4.69) is 20.4 Å². The van der Waals surface area contributed by atoms with Crippen molar-refractivity contribution in [2.45, 2.75) is 51.9 Å². The summed E-state index contributed by atoms with van der Waals surface area (Å²) >= 11 is 12.1. The molecule has 1 aromatic heterocycles. The number of amides is 2. The van der Waals surface area contributed by atoms with E-state index in [9.17, 15) is 9.59 Å². The fraction of sp³-hybridized carbons (Fsp3) is 0.409. The van der Waals surface area contributed by atoms with E-state index >= 15 is 0 Å². The number of nitrogens with one attached hydrogen (secondary N) is 1. The number of hydrogen-bond acceptors (Lipinski definition) is 4.